The van der Waals surface area contributed by atoms with E-state index in [4.69, 9.17) is 4.74 Å². The third kappa shape index (κ3) is 2.56. The molecular formula is C15H15F3N2O3. The molecule has 2 aliphatic heterocycles. The van der Waals surface area contributed by atoms with Gasteiger partial charge in [0.25, 0.3) is 5.91 Å². The van der Waals surface area contributed by atoms with Crippen LogP contribution >= 0.6 is 0 Å². The van der Waals surface area contributed by atoms with Crippen molar-refractivity contribution in [2.75, 3.05) is 11.4 Å². The number of benzene rings is 1. The summed E-state index contributed by atoms with van der Waals surface area (Å²) in [5, 5.41) is 0. The summed E-state index contributed by atoms with van der Waals surface area (Å²) in [5.41, 5.74) is -0.703. The maximum atomic E-state index is 12.6. The summed E-state index contributed by atoms with van der Waals surface area (Å²) < 4.78 is 43.4. The molecule has 2 saturated heterocycles. The lowest BCUT2D eigenvalue weighted by molar-refractivity contribution is -0.137. The number of urea groups is 1. The van der Waals surface area contributed by atoms with E-state index in [1.54, 1.807) is 13.8 Å². The standard InChI is InChI=1S/C15H15F3N2O3/c1-8-7-19-12(9(2)23-8)13(21)20(14(19)22)11-5-3-10(4-6-11)15(16,17)18/h3-6,8-9,12H,7H2,1-2H3. The van der Waals surface area contributed by atoms with Crippen LogP contribution in [0.3, 0.4) is 0 Å². The average molecular weight is 328 g/mol. The highest BCUT2D eigenvalue weighted by Gasteiger charge is 2.51. The van der Waals surface area contributed by atoms with Crippen molar-refractivity contribution in [2.45, 2.75) is 38.3 Å². The predicted octanol–water partition coefficient (Wildman–Crippen LogP) is 2.65. The van der Waals surface area contributed by atoms with Crippen LogP contribution in [0.1, 0.15) is 19.4 Å². The molecule has 0 spiro atoms. The number of hydrogen-bond donors (Lipinski definition) is 0. The first-order chi connectivity index (χ1) is 10.7. The fourth-order valence-electron chi connectivity index (χ4n) is 3.05. The van der Waals surface area contributed by atoms with Crippen LogP contribution in [-0.4, -0.2) is 41.6 Å². The number of nitrogens with zero attached hydrogens (tertiary/aromatic N) is 2. The molecule has 1 aromatic rings. The molecule has 124 valence electrons. The van der Waals surface area contributed by atoms with E-state index in [1.165, 1.54) is 4.90 Å². The molecule has 1 aromatic carbocycles. The lowest BCUT2D eigenvalue weighted by Crippen LogP contribution is -2.53. The summed E-state index contributed by atoms with van der Waals surface area (Å²) in [5.74, 6) is -0.478. The van der Waals surface area contributed by atoms with Gasteiger partial charge in [-0.3, -0.25) is 4.79 Å². The first-order valence-corrected chi connectivity index (χ1v) is 7.17. The smallest absolute Gasteiger partial charge is 0.371 e. The maximum absolute atomic E-state index is 12.6. The molecule has 3 amide bonds. The van der Waals surface area contributed by atoms with Gasteiger partial charge in [0.05, 0.1) is 23.5 Å². The number of hydrogen-bond acceptors (Lipinski definition) is 3. The maximum Gasteiger partial charge on any atom is 0.416 e. The number of carbonyl (C=O) groups is 2. The molecule has 0 N–H and O–H groups in total. The van der Waals surface area contributed by atoms with Crippen LogP contribution in [0.2, 0.25) is 0 Å². The monoisotopic (exact) mass is 328 g/mol. The van der Waals surface area contributed by atoms with Crippen LogP contribution < -0.4 is 4.90 Å². The van der Waals surface area contributed by atoms with E-state index >= 15 is 0 Å². The molecule has 2 aliphatic rings. The third-order valence-corrected chi connectivity index (χ3v) is 4.04. The van der Waals surface area contributed by atoms with Gasteiger partial charge in [-0.1, -0.05) is 0 Å². The van der Waals surface area contributed by atoms with E-state index in [9.17, 15) is 22.8 Å². The number of alkyl halides is 3. The van der Waals surface area contributed by atoms with Crippen molar-refractivity contribution in [3.63, 3.8) is 0 Å². The normalized spacial score (nSPS) is 28.3. The molecule has 2 heterocycles. The SMILES string of the molecule is CC1CN2C(=O)N(c3ccc(C(F)(F)F)cc3)C(=O)C2C(C)O1. The number of amides is 3. The Morgan fingerprint density at radius 1 is 1.13 bits per heavy atom. The van der Waals surface area contributed by atoms with Gasteiger partial charge < -0.3 is 9.64 Å². The largest absolute Gasteiger partial charge is 0.416 e. The zero-order valence-corrected chi connectivity index (χ0v) is 12.5. The second kappa shape index (κ2) is 5.23. The Morgan fingerprint density at radius 2 is 1.74 bits per heavy atom. The highest BCUT2D eigenvalue weighted by atomic mass is 19.4. The van der Waals surface area contributed by atoms with Crippen molar-refractivity contribution in [2.24, 2.45) is 0 Å². The van der Waals surface area contributed by atoms with Gasteiger partial charge in [0.2, 0.25) is 0 Å². The number of anilines is 1. The minimum Gasteiger partial charge on any atom is -0.371 e. The van der Waals surface area contributed by atoms with Crippen LogP contribution in [0.4, 0.5) is 23.7 Å². The number of imide groups is 1. The van der Waals surface area contributed by atoms with Gasteiger partial charge in [-0.2, -0.15) is 13.2 Å². The third-order valence-electron chi connectivity index (χ3n) is 4.04. The molecular weight excluding hydrogens is 313 g/mol. The minimum atomic E-state index is -4.47. The van der Waals surface area contributed by atoms with Gasteiger partial charge in [0.1, 0.15) is 6.04 Å². The van der Waals surface area contributed by atoms with Crippen LogP contribution in [0.15, 0.2) is 24.3 Å². The minimum absolute atomic E-state index is 0.127. The molecule has 0 bridgehead atoms. The van der Waals surface area contributed by atoms with E-state index < -0.39 is 35.8 Å². The molecule has 3 atom stereocenters. The molecule has 0 aromatic heterocycles. The predicted molar refractivity (Wildman–Crippen MR) is 74.8 cm³/mol. The number of halogens is 3. The Labute approximate surface area is 130 Å². The zero-order valence-electron chi connectivity index (χ0n) is 12.5. The second-order valence-electron chi connectivity index (χ2n) is 5.75. The Hall–Kier alpha value is -2.09. The molecule has 23 heavy (non-hydrogen) atoms. The van der Waals surface area contributed by atoms with Gasteiger partial charge in [0, 0.05) is 6.54 Å². The van der Waals surface area contributed by atoms with Gasteiger partial charge in [-0.05, 0) is 38.1 Å². The van der Waals surface area contributed by atoms with E-state index in [-0.39, 0.29) is 18.3 Å². The summed E-state index contributed by atoms with van der Waals surface area (Å²) in [6, 6.07) is 2.71. The fraction of sp³-hybridized carbons (Fsp3) is 0.467. The summed E-state index contributed by atoms with van der Waals surface area (Å²) in [7, 11) is 0. The van der Waals surface area contributed by atoms with Crippen LogP contribution in [-0.2, 0) is 15.7 Å². The quantitative estimate of drug-likeness (QED) is 0.745. The molecule has 3 unspecified atom stereocenters. The van der Waals surface area contributed by atoms with Crippen molar-refractivity contribution in [3.8, 4) is 0 Å². The van der Waals surface area contributed by atoms with Crippen LogP contribution in [0.5, 0.6) is 0 Å². The summed E-state index contributed by atoms with van der Waals surface area (Å²) >= 11 is 0. The topological polar surface area (TPSA) is 49.9 Å². The Balaban J connectivity index is 1.91. The second-order valence-corrected chi connectivity index (χ2v) is 5.75. The highest BCUT2D eigenvalue weighted by molar-refractivity contribution is 6.21. The van der Waals surface area contributed by atoms with Gasteiger partial charge in [0.15, 0.2) is 0 Å². The Kier molecular flexibility index (Phi) is 3.59. The van der Waals surface area contributed by atoms with Crippen molar-refractivity contribution >= 4 is 17.6 Å². The summed E-state index contributed by atoms with van der Waals surface area (Å²) in [4.78, 5) is 27.3. The summed E-state index contributed by atoms with van der Waals surface area (Å²) in [6.45, 7) is 3.77. The zero-order chi connectivity index (χ0) is 16.9. The molecule has 3 rings (SSSR count). The van der Waals surface area contributed by atoms with Crippen molar-refractivity contribution in [1.82, 2.24) is 4.90 Å². The first kappa shape index (κ1) is 15.8. The van der Waals surface area contributed by atoms with E-state index in [0.29, 0.717) is 0 Å². The highest BCUT2D eigenvalue weighted by Crippen LogP contribution is 2.34. The van der Waals surface area contributed by atoms with Crippen LogP contribution in [0.25, 0.3) is 0 Å². The Morgan fingerprint density at radius 3 is 2.30 bits per heavy atom. The van der Waals surface area contributed by atoms with E-state index in [2.05, 4.69) is 0 Å². The van der Waals surface area contributed by atoms with E-state index in [0.717, 1.165) is 29.2 Å². The Bertz CT molecular complexity index is 644. The first-order valence-electron chi connectivity index (χ1n) is 7.17. The number of fused-ring (bicyclic) bond motifs is 1. The van der Waals surface area contributed by atoms with Gasteiger partial charge in [-0.25, -0.2) is 9.69 Å². The number of carbonyl (C=O) groups excluding carboxylic acids is 2. The molecule has 8 heteroatoms. The van der Waals surface area contributed by atoms with E-state index in [1.807, 2.05) is 0 Å². The van der Waals surface area contributed by atoms with Crippen molar-refractivity contribution in [3.05, 3.63) is 29.8 Å². The summed E-state index contributed by atoms with van der Waals surface area (Å²) in [6.07, 6.45) is -5.13. The average Bonchev–Trinajstić information content (AvgIpc) is 2.70. The molecule has 5 nitrogen and oxygen atoms in total. The van der Waals surface area contributed by atoms with Gasteiger partial charge in [-0.15, -0.1) is 0 Å². The van der Waals surface area contributed by atoms with Crippen molar-refractivity contribution < 1.29 is 27.5 Å². The van der Waals surface area contributed by atoms with Crippen LogP contribution in [0, 0.1) is 0 Å². The molecule has 0 saturated carbocycles. The molecule has 2 fully saturated rings. The van der Waals surface area contributed by atoms with Gasteiger partial charge >= 0.3 is 12.2 Å². The number of ether oxygens (including phenoxy) is 1. The fourth-order valence-corrected chi connectivity index (χ4v) is 3.05. The number of rotatable bonds is 1. The lowest BCUT2D eigenvalue weighted by atomic mass is 10.1. The lowest BCUT2D eigenvalue weighted by Gasteiger charge is -2.35. The number of morpholine rings is 1. The van der Waals surface area contributed by atoms with Crippen molar-refractivity contribution in [1.29, 1.82) is 0 Å². The molecule has 0 aliphatic carbocycles. The molecule has 0 radical (unpaired) electrons.